The molecule has 2 N–H and O–H groups in total. The van der Waals surface area contributed by atoms with Gasteiger partial charge in [0.15, 0.2) is 0 Å². The lowest BCUT2D eigenvalue weighted by Crippen LogP contribution is -2.11. The van der Waals surface area contributed by atoms with Gasteiger partial charge in [0.25, 0.3) is 0 Å². The van der Waals surface area contributed by atoms with E-state index in [1.807, 2.05) is 0 Å². The largest absolute Gasteiger partial charge is 0.416 e. The average Bonchev–Trinajstić information content (AvgIpc) is 2.45. The van der Waals surface area contributed by atoms with E-state index in [-0.39, 0.29) is 18.7 Å². The highest BCUT2D eigenvalue weighted by Crippen LogP contribution is 2.32. The molecule has 0 unspecified atom stereocenters. The number of aliphatic hydroxyl groups excluding tert-OH is 1. The first-order valence-electron chi connectivity index (χ1n) is 6.09. The van der Waals surface area contributed by atoms with Crippen molar-refractivity contribution in [3.63, 3.8) is 0 Å². The molecule has 106 valence electrons. The van der Waals surface area contributed by atoms with Crippen molar-refractivity contribution in [2.75, 3.05) is 5.32 Å². The Bertz CT molecular complexity index is 564. The molecule has 2 rings (SSSR count). The zero-order chi connectivity index (χ0) is 14.6. The van der Waals surface area contributed by atoms with Crippen LogP contribution in [0.25, 0.3) is 0 Å². The van der Waals surface area contributed by atoms with Gasteiger partial charge in [0.2, 0.25) is 0 Å². The second kappa shape index (κ2) is 5.96. The molecule has 0 radical (unpaired) electrons. The molecule has 0 saturated carbocycles. The maximum Gasteiger partial charge on any atom is 0.416 e. The van der Waals surface area contributed by atoms with E-state index >= 15 is 0 Å². The quantitative estimate of drug-likeness (QED) is 0.893. The molecule has 0 atom stereocenters. The van der Waals surface area contributed by atoms with E-state index in [0.29, 0.717) is 5.69 Å². The molecule has 20 heavy (non-hydrogen) atoms. The molecule has 0 amide bonds. The summed E-state index contributed by atoms with van der Waals surface area (Å²) in [4.78, 5) is 0. The maximum atomic E-state index is 12.8. The summed E-state index contributed by atoms with van der Waals surface area (Å²) in [6, 6.07) is 12.4. The molecule has 0 bridgehead atoms. The van der Waals surface area contributed by atoms with Gasteiger partial charge in [0.05, 0.1) is 12.2 Å². The average molecular weight is 281 g/mol. The molecule has 2 aromatic carbocycles. The van der Waals surface area contributed by atoms with E-state index in [2.05, 4.69) is 5.32 Å². The summed E-state index contributed by atoms with van der Waals surface area (Å²) >= 11 is 0. The first-order valence-corrected chi connectivity index (χ1v) is 6.09. The Morgan fingerprint density at radius 2 is 1.60 bits per heavy atom. The number of nitrogens with one attached hydrogen (secondary N) is 1. The van der Waals surface area contributed by atoms with Crippen LogP contribution in [0.4, 0.5) is 18.9 Å². The van der Waals surface area contributed by atoms with Gasteiger partial charge in [0.1, 0.15) is 0 Å². The molecule has 0 aliphatic heterocycles. The topological polar surface area (TPSA) is 32.3 Å². The zero-order valence-corrected chi connectivity index (χ0v) is 10.6. The van der Waals surface area contributed by atoms with Gasteiger partial charge in [-0.15, -0.1) is 0 Å². The van der Waals surface area contributed by atoms with Gasteiger partial charge in [0, 0.05) is 12.2 Å². The lowest BCUT2D eigenvalue weighted by molar-refractivity contribution is -0.138. The normalized spacial score (nSPS) is 11.4. The van der Waals surface area contributed by atoms with Crippen molar-refractivity contribution in [1.82, 2.24) is 0 Å². The van der Waals surface area contributed by atoms with Gasteiger partial charge in [-0.05, 0) is 29.3 Å². The van der Waals surface area contributed by atoms with Crippen LogP contribution < -0.4 is 5.32 Å². The number of benzene rings is 2. The number of aliphatic hydroxyl groups is 1. The third-order valence-electron chi connectivity index (χ3n) is 2.94. The number of anilines is 1. The van der Waals surface area contributed by atoms with Gasteiger partial charge in [-0.25, -0.2) is 0 Å². The van der Waals surface area contributed by atoms with Gasteiger partial charge < -0.3 is 10.4 Å². The van der Waals surface area contributed by atoms with Crippen molar-refractivity contribution in [1.29, 1.82) is 0 Å². The summed E-state index contributed by atoms with van der Waals surface area (Å²) < 4.78 is 38.5. The minimum atomic E-state index is -4.35. The van der Waals surface area contributed by atoms with Crippen LogP contribution in [0, 0.1) is 0 Å². The second-order valence-electron chi connectivity index (χ2n) is 4.36. The number of halogens is 3. The first-order chi connectivity index (χ1) is 9.50. The van der Waals surface area contributed by atoms with Crippen LogP contribution in [0.5, 0.6) is 0 Å². The van der Waals surface area contributed by atoms with Gasteiger partial charge in [-0.1, -0.05) is 30.3 Å². The van der Waals surface area contributed by atoms with Gasteiger partial charge in [-0.3, -0.25) is 0 Å². The monoisotopic (exact) mass is 281 g/mol. The number of hydrogen-bond acceptors (Lipinski definition) is 2. The Morgan fingerprint density at radius 1 is 0.950 bits per heavy atom. The van der Waals surface area contributed by atoms with E-state index in [4.69, 9.17) is 5.11 Å². The minimum Gasteiger partial charge on any atom is -0.392 e. The van der Waals surface area contributed by atoms with Crippen molar-refractivity contribution in [3.8, 4) is 0 Å². The summed E-state index contributed by atoms with van der Waals surface area (Å²) in [7, 11) is 0. The SMILES string of the molecule is OCc1ccc(NCc2ccccc2C(F)(F)F)cc1. The second-order valence-corrected chi connectivity index (χ2v) is 4.36. The van der Waals surface area contributed by atoms with Crippen LogP contribution >= 0.6 is 0 Å². The third kappa shape index (κ3) is 3.51. The van der Waals surface area contributed by atoms with Crippen molar-refractivity contribution < 1.29 is 18.3 Å². The molecule has 2 nitrogen and oxygen atoms in total. The highest BCUT2D eigenvalue weighted by Gasteiger charge is 2.32. The van der Waals surface area contributed by atoms with Crippen LogP contribution in [0.15, 0.2) is 48.5 Å². The fraction of sp³-hybridized carbons (Fsp3) is 0.200. The summed E-state index contributed by atoms with van der Waals surface area (Å²) in [5.74, 6) is 0. The summed E-state index contributed by atoms with van der Waals surface area (Å²) in [5.41, 5.74) is 1.04. The van der Waals surface area contributed by atoms with Crippen LogP contribution in [0.1, 0.15) is 16.7 Å². The molecule has 0 saturated heterocycles. The molecule has 0 heterocycles. The summed E-state index contributed by atoms with van der Waals surface area (Å²) in [5, 5.41) is 11.9. The Kier molecular flexibility index (Phi) is 4.29. The standard InChI is InChI=1S/C15H14F3NO/c16-15(17,18)14-4-2-1-3-12(14)9-19-13-7-5-11(10-20)6-8-13/h1-8,19-20H,9-10H2. The van der Waals surface area contributed by atoms with Crippen molar-refractivity contribution in [2.24, 2.45) is 0 Å². The Morgan fingerprint density at radius 3 is 2.20 bits per heavy atom. The Hall–Kier alpha value is -2.01. The number of alkyl halides is 3. The van der Waals surface area contributed by atoms with Crippen LogP contribution in [0.2, 0.25) is 0 Å². The molecule has 0 aromatic heterocycles. The van der Waals surface area contributed by atoms with E-state index in [1.165, 1.54) is 12.1 Å². The van der Waals surface area contributed by atoms with Crippen LogP contribution in [0.3, 0.4) is 0 Å². The fourth-order valence-electron chi connectivity index (χ4n) is 1.88. The molecule has 0 aliphatic carbocycles. The van der Waals surface area contributed by atoms with E-state index in [9.17, 15) is 13.2 Å². The summed E-state index contributed by atoms with van der Waals surface area (Å²) in [6.45, 7) is 0.0331. The molecule has 0 aliphatic rings. The maximum absolute atomic E-state index is 12.8. The molecular formula is C15H14F3NO. The van der Waals surface area contributed by atoms with Crippen molar-refractivity contribution in [3.05, 3.63) is 65.2 Å². The van der Waals surface area contributed by atoms with Gasteiger partial charge in [-0.2, -0.15) is 13.2 Å². The van der Waals surface area contributed by atoms with Crippen LogP contribution in [-0.4, -0.2) is 5.11 Å². The minimum absolute atomic E-state index is 0.0583. The molecule has 0 spiro atoms. The smallest absolute Gasteiger partial charge is 0.392 e. The number of hydrogen-bond donors (Lipinski definition) is 2. The van der Waals surface area contributed by atoms with E-state index in [0.717, 1.165) is 11.6 Å². The fourth-order valence-corrected chi connectivity index (χ4v) is 1.88. The van der Waals surface area contributed by atoms with Gasteiger partial charge >= 0.3 is 6.18 Å². The highest BCUT2D eigenvalue weighted by atomic mass is 19.4. The molecule has 0 fully saturated rings. The Labute approximate surface area is 114 Å². The molecular weight excluding hydrogens is 267 g/mol. The van der Waals surface area contributed by atoms with Crippen LogP contribution in [-0.2, 0) is 19.3 Å². The van der Waals surface area contributed by atoms with Crippen molar-refractivity contribution in [2.45, 2.75) is 19.3 Å². The predicted molar refractivity (Wildman–Crippen MR) is 71.1 cm³/mol. The van der Waals surface area contributed by atoms with Crippen molar-refractivity contribution >= 4 is 5.69 Å². The predicted octanol–water partition coefficient (Wildman–Crippen LogP) is 3.81. The zero-order valence-electron chi connectivity index (χ0n) is 10.6. The first kappa shape index (κ1) is 14.4. The van der Waals surface area contributed by atoms with E-state index < -0.39 is 11.7 Å². The summed E-state index contributed by atoms with van der Waals surface area (Å²) in [6.07, 6.45) is -4.35. The molecule has 5 heteroatoms. The molecule has 2 aromatic rings. The lowest BCUT2D eigenvalue weighted by atomic mass is 10.1. The Balaban J connectivity index is 2.10. The number of rotatable bonds is 4. The van der Waals surface area contributed by atoms with E-state index in [1.54, 1.807) is 30.3 Å². The lowest BCUT2D eigenvalue weighted by Gasteiger charge is -2.14. The highest BCUT2D eigenvalue weighted by molar-refractivity contribution is 5.45. The third-order valence-corrected chi connectivity index (χ3v) is 2.94.